The zero-order chi connectivity index (χ0) is 28.1. The predicted octanol–water partition coefficient (Wildman–Crippen LogP) is 7.03. The summed E-state index contributed by atoms with van der Waals surface area (Å²) >= 11 is 0. The first-order chi connectivity index (χ1) is 19.5. The molecule has 0 fully saturated rings. The number of nitrogens with zero attached hydrogens (tertiary/aromatic N) is 2. The second-order valence-corrected chi connectivity index (χ2v) is 8.89. The smallest absolute Gasteiger partial charge is 0.273 e. The first kappa shape index (κ1) is 25.9. The van der Waals surface area contributed by atoms with Crippen molar-refractivity contribution in [3.05, 3.63) is 124 Å². The molecular weight excluding hydrogens is 506 g/mol. The fourth-order valence-electron chi connectivity index (χ4n) is 4.50. The number of hydrogen-bond acceptors (Lipinski definition) is 6. The van der Waals surface area contributed by atoms with Crippen LogP contribution in [0.4, 0.5) is 11.4 Å². The Morgan fingerprint density at radius 2 is 1.62 bits per heavy atom. The maximum atomic E-state index is 13.2. The Hall–Kier alpha value is -5.68. The molecule has 0 spiro atoms. The largest absolute Gasteiger partial charge is 0.494 e. The highest BCUT2D eigenvalue weighted by molar-refractivity contribution is 6.11. The number of nitrogens with one attached hydrogen (secondary N) is 1. The summed E-state index contributed by atoms with van der Waals surface area (Å²) in [6.07, 6.45) is 1.49. The molecule has 0 saturated carbocycles. The van der Waals surface area contributed by atoms with Gasteiger partial charge in [-0.25, -0.2) is 0 Å². The van der Waals surface area contributed by atoms with Gasteiger partial charge in [0.2, 0.25) is 0 Å². The monoisotopic (exact) mass is 529 g/mol. The summed E-state index contributed by atoms with van der Waals surface area (Å²) in [7, 11) is 1.34. The Morgan fingerprint density at radius 3 is 2.35 bits per heavy atom. The zero-order valence-electron chi connectivity index (χ0n) is 21.5. The number of anilines is 1. The third-order valence-electron chi connectivity index (χ3n) is 6.49. The molecule has 196 valence electrons. The van der Waals surface area contributed by atoms with Crippen molar-refractivity contribution < 1.29 is 19.2 Å². The second kappa shape index (κ2) is 11.4. The molecule has 40 heavy (non-hydrogen) atoms. The standard InChI is InChI=1S/C32H23N3O5/c1-39-31-18-25(35(37)38)14-15-29(31)34-32(36)24(19-33)17-28-27-12-5-3-8-22(27)13-16-30(28)40-20-23-10-6-9-21-7-2-4-11-26(21)23/h2-18H,20H2,1H3,(H,34,36)/b24-17+. The highest BCUT2D eigenvalue weighted by atomic mass is 16.6. The number of nitro benzene ring substituents is 1. The fourth-order valence-corrected chi connectivity index (χ4v) is 4.50. The van der Waals surface area contributed by atoms with Crippen molar-refractivity contribution in [3.63, 3.8) is 0 Å². The van der Waals surface area contributed by atoms with Gasteiger partial charge in [-0.15, -0.1) is 0 Å². The van der Waals surface area contributed by atoms with Crippen molar-refractivity contribution >= 4 is 44.9 Å². The number of ether oxygens (including phenoxy) is 2. The topological polar surface area (TPSA) is 114 Å². The number of fused-ring (bicyclic) bond motifs is 2. The molecule has 0 bridgehead atoms. The maximum absolute atomic E-state index is 13.2. The van der Waals surface area contributed by atoms with Gasteiger partial charge in [0.25, 0.3) is 11.6 Å². The molecule has 0 unspecified atom stereocenters. The number of amides is 1. The number of non-ortho nitro benzene ring substituents is 1. The van der Waals surface area contributed by atoms with Gasteiger partial charge in [-0.1, -0.05) is 72.8 Å². The van der Waals surface area contributed by atoms with Crippen LogP contribution in [0.1, 0.15) is 11.1 Å². The van der Waals surface area contributed by atoms with E-state index >= 15 is 0 Å². The summed E-state index contributed by atoms with van der Waals surface area (Å²) in [5.41, 5.74) is 1.43. The predicted molar refractivity (Wildman–Crippen MR) is 154 cm³/mol. The number of benzene rings is 5. The van der Waals surface area contributed by atoms with Crippen molar-refractivity contribution in [2.24, 2.45) is 0 Å². The summed E-state index contributed by atoms with van der Waals surface area (Å²) in [6.45, 7) is 0.286. The second-order valence-electron chi connectivity index (χ2n) is 8.89. The molecule has 0 radical (unpaired) electrons. The van der Waals surface area contributed by atoms with Gasteiger partial charge in [-0.05, 0) is 45.3 Å². The zero-order valence-corrected chi connectivity index (χ0v) is 21.5. The van der Waals surface area contributed by atoms with E-state index in [4.69, 9.17) is 9.47 Å². The van der Waals surface area contributed by atoms with Gasteiger partial charge in [-0.2, -0.15) is 5.26 Å². The summed E-state index contributed by atoms with van der Waals surface area (Å²) in [5.74, 6) is -0.0770. The minimum atomic E-state index is -0.692. The summed E-state index contributed by atoms with van der Waals surface area (Å²) in [4.78, 5) is 23.7. The van der Waals surface area contributed by atoms with Gasteiger partial charge in [0.1, 0.15) is 29.7 Å². The maximum Gasteiger partial charge on any atom is 0.273 e. The van der Waals surface area contributed by atoms with Crippen molar-refractivity contribution in [1.29, 1.82) is 5.26 Å². The first-order valence-corrected chi connectivity index (χ1v) is 12.3. The fraction of sp³-hybridized carbons (Fsp3) is 0.0625. The highest BCUT2D eigenvalue weighted by Crippen LogP contribution is 2.33. The summed E-state index contributed by atoms with van der Waals surface area (Å²) in [5, 5.41) is 27.6. The van der Waals surface area contributed by atoms with Crippen LogP contribution in [0, 0.1) is 21.4 Å². The van der Waals surface area contributed by atoms with Crippen LogP contribution in [0.5, 0.6) is 11.5 Å². The Bertz CT molecular complexity index is 1830. The number of nitriles is 1. The van der Waals surface area contributed by atoms with Crippen LogP contribution in [0.3, 0.4) is 0 Å². The van der Waals surface area contributed by atoms with Crippen molar-refractivity contribution in [3.8, 4) is 17.6 Å². The normalized spacial score (nSPS) is 11.2. The molecule has 5 aromatic carbocycles. The van der Waals surface area contributed by atoms with Crippen molar-refractivity contribution in [1.82, 2.24) is 0 Å². The quantitative estimate of drug-likeness (QED) is 0.0998. The first-order valence-electron chi connectivity index (χ1n) is 12.3. The van der Waals surface area contributed by atoms with Crippen LogP contribution in [0.25, 0.3) is 27.6 Å². The van der Waals surface area contributed by atoms with E-state index in [1.165, 1.54) is 31.4 Å². The number of nitro groups is 1. The Labute approximate surface area is 229 Å². The van der Waals surface area contributed by atoms with E-state index in [0.717, 1.165) is 27.1 Å². The lowest BCUT2D eigenvalue weighted by atomic mass is 10.0. The SMILES string of the molecule is COc1cc([N+](=O)[O-])ccc1NC(=O)/C(C#N)=C/c1c(OCc2cccc3ccccc23)ccc2ccccc12. The van der Waals surface area contributed by atoms with Gasteiger partial charge >= 0.3 is 0 Å². The molecule has 8 nitrogen and oxygen atoms in total. The third-order valence-corrected chi connectivity index (χ3v) is 6.49. The Morgan fingerprint density at radius 1 is 0.925 bits per heavy atom. The number of hydrogen-bond donors (Lipinski definition) is 1. The molecular formula is C32H23N3O5. The molecule has 5 aromatic rings. The Kier molecular flexibility index (Phi) is 7.38. The average molecular weight is 530 g/mol. The average Bonchev–Trinajstić information content (AvgIpc) is 2.99. The summed E-state index contributed by atoms with van der Waals surface area (Å²) < 4.78 is 11.5. The molecule has 1 amide bonds. The van der Waals surface area contributed by atoms with E-state index in [1.54, 1.807) is 0 Å². The molecule has 5 rings (SSSR count). The van der Waals surface area contributed by atoms with Gasteiger partial charge in [0.05, 0.1) is 23.8 Å². The van der Waals surface area contributed by atoms with Crippen LogP contribution in [-0.2, 0) is 11.4 Å². The van der Waals surface area contributed by atoms with Crippen LogP contribution in [0.15, 0.2) is 103 Å². The van der Waals surface area contributed by atoms with E-state index in [-0.39, 0.29) is 29.3 Å². The molecule has 0 aliphatic carbocycles. The van der Waals surface area contributed by atoms with Gasteiger partial charge in [-0.3, -0.25) is 14.9 Å². The minimum Gasteiger partial charge on any atom is -0.494 e. The minimum absolute atomic E-state index is 0.101. The van der Waals surface area contributed by atoms with E-state index in [1.807, 2.05) is 84.9 Å². The lowest BCUT2D eigenvalue weighted by Gasteiger charge is -2.14. The number of rotatable bonds is 8. The number of carbonyl (C=O) groups is 1. The molecule has 0 aromatic heterocycles. The van der Waals surface area contributed by atoms with E-state index < -0.39 is 10.8 Å². The molecule has 0 atom stereocenters. The lowest BCUT2D eigenvalue weighted by Crippen LogP contribution is -2.14. The summed E-state index contributed by atoms with van der Waals surface area (Å²) in [6, 6.07) is 31.2. The van der Waals surface area contributed by atoms with Crippen LogP contribution < -0.4 is 14.8 Å². The van der Waals surface area contributed by atoms with Crippen molar-refractivity contribution in [2.45, 2.75) is 6.61 Å². The van der Waals surface area contributed by atoms with E-state index in [0.29, 0.717) is 11.3 Å². The Balaban J connectivity index is 1.50. The van der Waals surface area contributed by atoms with Crippen molar-refractivity contribution in [2.75, 3.05) is 12.4 Å². The van der Waals surface area contributed by atoms with E-state index in [2.05, 4.69) is 5.32 Å². The molecule has 0 saturated heterocycles. The molecule has 0 heterocycles. The molecule has 0 aliphatic heterocycles. The van der Waals surface area contributed by atoms with Crippen LogP contribution >= 0.6 is 0 Å². The van der Waals surface area contributed by atoms with Gasteiger partial charge in [0.15, 0.2) is 0 Å². The van der Waals surface area contributed by atoms with Gasteiger partial charge < -0.3 is 14.8 Å². The van der Waals surface area contributed by atoms with Crippen LogP contribution in [0.2, 0.25) is 0 Å². The number of carbonyl (C=O) groups excluding carboxylic acids is 1. The highest BCUT2D eigenvalue weighted by Gasteiger charge is 2.18. The van der Waals surface area contributed by atoms with Crippen LogP contribution in [-0.4, -0.2) is 17.9 Å². The molecule has 0 aliphatic rings. The molecule has 8 heteroatoms. The van der Waals surface area contributed by atoms with E-state index in [9.17, 15) is 20.2 Å². The number of methoxy groups -OCH3 is 1. The van der Waals surface area contributed by atoms with Gasteiger partial charge in [0, 0.05) is 11.6 Å². The third kappa shape index (κ3) is 5.30. The molecule has 1 N–H and O–H groups in total. The lowest BCUT2D eigenvalue weighted by molar-refractivity contribution is -0.384.